The summed E-state index contributed by atoms with van der Waals surface area (Å²) in [6.45, 7) is 5.64. The molecule has 1 aliphatic rings. The van der Waals surface area contributed by atoms with E-state index in [1.165, 1.54) is 51.4 Å². The van der Waals surface area contributed by atoms with Gasteiger partial charge in [-0.25, -0.2) is 0 Å². The first-order chi connectivity index (χ1) is 8.33. The third-order valence-corrected chi connectivity index (χ3v) is 3.78. The molecule has 1 N–H and O–H groups in total. The van der Waals surface area contributed by atoms with Crippen LogP contribution in [0.2, 0.25) is 0 Å². The minimum Gasteiger partial charge on any atom is -0.380 e. The molecule has 2 unspecified atom stereocenters. The van der Waals surface area contributed by atoms with Crippen molar-refractivity contribution in [2.24, 2.45) is 5.92 Å². The number of methoxy groups -OCH3 is 1. The van der Waals surface area contributed by atoms with Crippen LogP contribution in [0.1, 0.15) is 65.2 Å². The van der Waals surface area contributed by atoms with Gasteiger partial charge in [-0.2, -0.15) is 0 Å². The van der Waals surface area contributed by atoms with E-state index >= 15 is 0 Å². The standard InChI is InChI=1S/C15H31NO/c1-4-6-7-8-9-14(16-12-5-2)15(17-3)13-10-11-13/h13-16H,4-12H2,1-3H3. The van der Waals surface area contributed by atoms with Crippen molar-refractivity contribution in [3.63, 3.8) is 0 Å². The molecule has 0 spiro atoms. The minimum absolute atomic E-state index is 0.461. The zero-order valence-corrected chi connectivity index (χ0v) is 12.0. The molecule has 0 aromatic heterocycles. The number of rotatable bonds is 11. The highest BCUT2D eigenvalue weighted by Crippen LogP contribution is 2.36. The van der Waals surface area contributed by atoms with Gasteiger partial charge in [0.05, 0.1) is 6.10 Å². The highest BCUT2D eigenvalue weighted by atomic mass is 16.5. The van der Waals surface area contributed by atoms with Crippen LogP contribution in [0, 0.1) is 5.92 Å². The van der Waals surface area contributed by atoms with Gasteiger partial charge in [-0.05, 0) is 38.1 Å². The fourth-order valence-corrected chi connectivity index (χ4v) is 2.61. The Kier molecular flexibility index (Phi) is 7.87. The predicted molar refractivity (Wildman–Crippen MR) is 74.4 cm³/mol. The molecule has 2 atom stereocenters. The van der Waals surface area contributed by atoms with Gasteiger partial charge in [-0.1, -0.05) is 39.5 Å². The van der Waals surface area contributed by atoms with Crippen molar-refractivity contribution >= 4 is 0 Å². The number of ether oxygens (including phenoxy) is 1. The summed E-state index contributed by atoms with van der Waals surface area (Å²) in [5, 5.41) is 3.69. The van der Waals surface area contributed by atoms with E-state index in [2.05, 4.69) is 19.2 Å². The maximum absolute atomic E-state index is 5.73. The maximum atomic E-state index is 5.73. The van der Waals surface area contributed by atoms with Crippen molar-refractivity contribution in [2.75, 3.05) is 13.7 Å². The van der Waals surface area contributed by atoms with E-state index in [1.54, 1.807) is 0 Å². The third-order valence-electron chi connectivity index (χ3n) is 3.78. The van der Waals surface area contributed by atoms with Crippen LogP contribution in [-0.4, -0.2) is 25.8 Å². The summed E-state index contributed by atoms with van der Waals surface area (Å²) >= 11 is 0. The van der Waals surface area contributed by atoms with E-state index < -0.39 is 0 Å². The topological polar surface area (TPSA) is 21.3 Å². The summed E-state index contributed by atoms with van der Waals surface area (Å²) in [5.74, 6) is 0.834. The van der Waals surface area contributed by atoms with E-state index in [0.717, 1.165) is 12.5 Å². The second kappa shape index (κ2) is 8.93. The van der Waals surface area contributed by atoms with Crippen LogP contribution in [0.15, 0.2) is 0 Å². The molecule has 0 saturated heterocycles. The fourth-order valence-electron chi connectivity index (χ4n) is 2.61. The molecule has 1 saturated carbocycles. The second-order valence-corrected chi connectivity index (χ2v) is 5.45. The monoisotopic (exact) mass is 241 g/mol. The molecule has 102 valence electrons. The van der Waals surface area contributed by atoms with Crippen molar-refractivity contribution in [1.29, 1.82) is 0 Å². The summed E-state index contributed by atoms with van der Waals surface area (Å²) in [6.07, 6.45) is 11.1. The van der Waals surface area contributed by atoms with Gasteiger partial charge in [0.2, 0.25) is 0 Å². The summed E-state index contributed by atoms with van der Waals surface area (Å²) in [5.41, 5.74) is 0. The van der Waals surface area contributed by atoms with Gasteiger partial charge in [0.25, 0.3) is 0 Å². The quantitative estimate of drug-likeness (QED) is 0.556. The van der Waals surface area contributed by atoms with E-state index in [0.29, 0.717) is 12.1 Å². The number of hydrogen-bond donors (Lipinski definition) is 1. The maximum Gasteiger partial charge on any atom is 0.0752 e. The molecule has 0 radical (unpaired) electrons. The van der Waals surface area contributed by atoms with Crippen molar-refractivity contribution in [1.82, 2.24) is 5.32 Å². The summed E-state index contributed by atoms with van der Waals surface area (Å²) < 4.78 is 5.73. The Hall–Kier alpha value is -0.0800. The molecule has 1 fully saturated rings. The van der Waals surface area contributed by atoms with Crippen LogP contribution in [0.25, 0.3) is 0 Å². The molecule has 0 amide bonds. The summed E-state index contributed by atoms with van der Waals surface area (Å²) in [7, 11) is 1.88. The smallest absolute Gasteiger partial charge is 0.0752 e. The molecule has 2 nitrogen and oxygen atoms in total. The van der Waals surface area contributed by atoms with Gasteiger partial charge in [-0.15, -0.1) is 0 Å². The van der Waals surface area contributed by atoms with Gasteiger partial charge >= 0.3 is 0 Å². The highest BCUT2D eigenvalue weighted by molar-refractivity contribution is 4.90. The molecule has 0 aliphatic heterocycles. The van der Waals surface area contributed by atoms with E-state index in [4.69, 9.17) is 4.74 Å². The lowest BCUT2D eigenvalue weighted by atomic mass is 9.99. The van der Waals surface area contributed by atoms with E-state index in [-0.39, 0.29) is 0 Å². The van der Waals surface area contributed by atoms with Crippen LogP contribution in [0.3, 0.4) is 0 Å². The first-order valence-electron chi connectivity index (χ1n) is 7.59. The van der Waals surface area contributed by atoms with Crippen molar-refractivity contribution in [3.05, 3.63) is 0 Å². The van der Waals surface area contributed by atoms with Crippen molar-refractivity contribution in [3.8, 4) is 0 Å². The molecule has 2 heteroatoms. The first-order valence-corrected chi connectivity index (χ1v) is 7.59. The number of hydrogen-bond acceptors (Lipinski definition) is 2. The van der Waals surface area contributed by atoms with E-state index in [9.17, 15) is 0 Å². The second-order valence-electron chi connectivity index (χ2n) is 5.45. The molecule has 1 aliphatic carbocycles. The van der Waals surface area contributed by atoms with Crippen LogP contribution in [0.4, 0.5) is 0 Å². The Bertz CT molecular complexity index is 180. The van der Waals surface area contributed by atoms with Gasteiger partial charge < -0.3 is 10.1 Å². The van der Waals surface area contributed by atoms with Crippen LogP contribution < -0.4 is 5.32 Å². The lowest BCUT2D eigenvalue weighted by Gasteiger charge is -2.27. The SMILES string of the molecule is CCCCCCC(NCCC)C(OC)C1CC1. The molecular weight excluding hydrogens is 210 g/mol. The Morgan fingerprint density at radius 3 is 2.41 bits per heavy atom. The normalized spacial score (nSPS) is 19.2. The Morgan fingerprint density at radius 1 is 1.12 bits per heavy atom. The van der Waals surface area contributed by atoms with Crippen molar-refractivity contribution in [2.45, 2.75) is 77.4 Å². The Balaban J connectivity index is 2.29. The molecule has 17 heavy (non-hydrogen) atoms. The number of nitrogens with one attached hydrogen (secondary N) is 1. The summed E-state index contributed by atoms with van der Waals surface area (Å²) in [4.78, 5) is 0. The zero-order chi connectivity index (χ0) is 12.5. The Morgan fingerprint density at radius 2 is 1.88 bits per heavy atom. The first kappa shape index (κ1) is 15.0. The van der Waals surface area contributed by atoms with E-state index in [1.807, 2.05) is 7.11 Å². The predicted octanol–water partition coefficient (Wildman–Crippen LogP) is 3.75. The molecule has 0 bridgehead atoms. The van der Waals surface area contributed by atoms with Gasteiger partial charge in [-0.3, -0.25) is 0 Å². The summed E-state index contributed by atoms with van der Waals surface area (Å²) in [6, 6.07) is 0.587. The molecular formula is C15H31NO. The largest absolute Gasteiger partial charge is 0.380 e. The average molecular weight is 241 g/mol. The van der Waals surface area contributed by atoms with Gasteiger partial charge in [0.1, 0.15) is 0 Å². The van der Waals surface area contributed by atoms with Gasteiger partial charge in [0, 0.05) is 13.2 Å². The zero-order valence-electron chi connectivity index (χ0n) is 12.0. The van der Waals surface area contributed by atoms with Crippen molar-refractivity contribution < 1.29 is 4.74 Å². The van der Waals surface area contributed by atoms with Crippen LogP contribution in [-0.2, 0) is 4.74 Å². The van der Waals surface area contributed by atoms with Crippen LogP contribution >= 0.6 is 0 Å². The lowest BCUT2D eigenvalue weighted by Crippen LogP contribution is -2.42. The molecule has 0 heterocycles. The lowest BCUT2D eigenvalue weighted by molar-refractivity contribution is 0.0475. The minimum atomic E-state index is 0.461. The Labute approximate surface area is 108 Å². The third kappa shape index (κ3) is 5.87. The number of unbranched alkanes of at least 4 members (excludes halogenated alkanes) is 3. The van der Waals surface area contributed by atoms with Crippen LogP contribution in [0.5, 0.6) is 0 Å². The molecule has 0 aromatic rings. The highest BCUT2D eigenvalue weighted by Gasteiger charge is 2.36. The average Bonchev–Trinajstić information content (AvgIpc) is 3.16. The molecule has 1 rings (SSSR count). The molecule has 0 aromatic carbocycles. The fraction of sp³-hybridized carbons (Fsp3) is 1.00. The van der Waals surface area contributed by atoms with Gasteiger partial charge in [0.15, 0.2) is 0 Å².